The fraction of sp³-hybridized carbons (Fsp3) is 0.333. The van der Waals surface area contributed by atoms with Gasteiger partial charge in [0, 0.05) is 18.4 Å². The van der Waals surface area contributed by atoms with E-state index < -0.39 is 11.7 Å². The van der Waals surface area contributed by atoms with Crippen molar-refractivity contribution in [2.75, 3.05) is 24.7 Å². The van der Waals surface area contributed by atoms with E-state index in [1.54, 1.807) is 17.0 Å². The Morgan fingerprint density at radius 1 is 1.12 bits per heavy atom. The van der Waals surface area contributed by atoms with Crippen molar-refractivity contribution in [3.63, 3.8) is 0 Å². The molecule has 2 atom stereocenters. The topological polar surface area (TPSA) is 51.1 Å². The van der Waals surface area contributed by atoms with Gasteiger partial charge < -0.3 is 9.64 Å². The fourth-order valence-electron chi connectivity index (χ4n) is 4.07. The molecular weight excluding hydrogens is 328 g/mol. The van der Waals surface area contributed by atoms with Gasteiger partial charge in [0.25, 0.3) is 5.78 Å². The maximum absolute atomic E-state index is 12.5. The first kappa shape index (κ1) is 16.8. The van der Waals surface area contributed by atoms with Crippen LogP contribution in [-0.4, -0.2) is 31.5 Å². The number of benzene rings is 2. The number of nitrogens with zero attached hydrogens (tertiary/aromatic N) is 1. The van der Waals surface area contributed by atoms with E-state index in [2.05, 4.69) is 12.1 Å². The molecule has 0 aromatic heterocycles. The fourth-order valence-corrected chi connectivity index (χ4v) is 4.07. The first-order chi connectivity index (χ1) is 12.7. The second kappa shape index (κ2) is 6.92. The number of likely N-dealkylation sites (tertiary alicyclic amines) is 1. The molecule has 0 radical (unpaired) electrons. The summed E-state index contributed by atoms with van der Waals surface area (Å²) < 4.78 is 5.53. The molecule has 1 amide bonds. The van der Waals surface area contributed by atoms with E-state index in [1.165, 1.54) is 10.5 Å². The highest BCUT2D eigenvalue weighted by atomic mass is 16.5. The SMILES string of the molecule is CCOc1ccc([C@H]2CCC[NH+]2CN2C(=O)C(=O)c3ccccc32)cc1. The molecule has 1 unspecified atom stereocenters. The molecule has 0 saturated carbocycles. The monoisotopic (exact) mass is 351 g/mol. The Labute approximate surface area is 153 Å². The zero-order valence-electron chi connectivity index (χ0n) is 14.9. The van der Waals surface area contributed by atoms with E-state index in [4.69, 9.17) is 4.74 Å². The van der Waals surface area contributed by atoms with Crippen LogP contribution in [0.5, 0.6) is 5.75 Å². The summed E-state index contributed by atoms with van der Waals surface area (Å²) in [4.78, 5) is 27.7. The van der Waals surface area contributed by atoms with Crippen LogP contribution in [0.15, 0.2) is 48.5 Å². The van der Waals surface area contributed by atoms with Gasteiger partial charge in [-0.1, -0.05) is 12.1 Å². The van der Waals surface area contributed by atoms with Crippen molar-refractivity contribution in [3.8, 4) is 5.75 Å². The first-order valence-electron chi connectivity index (χ1n) is 9.21. The number of para-hydroxylation sites is 1. The lowest BCUT2D eigenvalue weighted by Gasteiger charge is -2.26. The number of anilines is 1. The van der Waals surface area contributed by atoms with Crippen LogP contribution >= 0.6 is 0 Å². The van der Waals surface area contributed by atoms with Crippen molar-refractivity contribution in [3.05, 3.63) is 59.7 Å². The van der Waals surface area contributed by atoms with Gasteiger partial charge in [0.1, 0.15) is 11.8 Å². The number of hydrogen-bond acceptors (Lipinski definition) is 3. The molecule has 2 heterocycles. The highest BCUT2D eigenvalue weighted by Gasteiger charge is 2.40. The number of carbonyl (C=O) groups is 2. The van der Waals surface area contributed by atoms with Crippen LogP contribution in [0.2, 0.25) is 0 Å². The second-order valence-corrected chi connectivity index (χ2v) is 6.84. The van der Waals surface area contributed by atoms with Gasteiger partial charge in [-0.15, -0.1) is 0 Å². The van der Waals surface area contributed by atoms with Gasteiger partial charge in [0.15, 0.2) is 6.67 Å². The molecular formula is C21H23N2O3+. The van der Waals surface area contributed by atoms with Crippen molar-refractivity contribution < 1.29 is 19.2 Å². The molecule has 1 N–H and O–H groups in total. The standard InChI is InChI=1S/C21H22N2O3/c1-2-26-16-11-9-15(10-12-16)18-8-5-13-22(18)14-23-19-7-4-3-6-17(19)20(24)21(23)25/h3-4,6-7,9-12,18H,2,5,8,13-14H2,1H3/p+1/t18-/m1/s1. The molecule has 26 heavy (non-hydrogen) atoms. The van der Waals surface area contributed by atoms with E-state index in [1.807, 2.05) is 31.2 Å². The Bertz CT molecular complexity index is 831. The van der Waals surface area contributed by atoms with Crippen molar-refractivity contribution in [1.82, 2.24) is 0 Å². The summed E-state index contributed by atoms with van der Waals surface area (Å²) in [5.41, 5.74) is 2.52. The van der Waals surface area contributed by atoms with Crippen LogP contribution in [-0.2, 0) is 4.79 Å². The van der Waals surface area contributed by atoms with Crippen molar-refractivity contribution in [2.45, 2.75) is 25.8 Å². The summed E-state index contributed by atoms with van der Waals surface area (Å²) >= 11 is 0. The number of Topliss-reactive ketones (excluding diaryl/α,β-unsaturated/α-hetero) is 1. The Kier molecular flexibility index (Phi) is 4.47. The van der Waals surface area contributed by atoms with Crippen LogP contribution in [0.25, 0.3) is 0 Å². The number of ether oxygens (including phenoxy) is 1. The van der Waals surface area contributed by atoms with E-state index in [0.717, 1.165) is 30.8 Å². The van der Waals surface area contributed by atoms with Gasteiger partial charge in [-0.25, -0.2) is 0 Å². The number of nitrogens with one attached hydrogen (secondary N) is 1. The molecule has 1 saturated heterocycles. The Morgan fingerprint density at radius 3 is 2.65 bits per heavy atom. The molecule has 2 aromatic rings. The number of amides is 1. The second-order valence-electron chi connectivity index (χ2n) is 6.84. The zero-order valence-corrected chi connectivity index (χ0v) is 14.9. The van der Waals surface area contributed by atoms with Gasteiger partial charge in [-0.3, -0.25) is 14.5 Å². The van der Waals surface area contributed by atoms with Gasteiger partial charge in [0.2, 0.25) is 0 Å². The smallest absolute Gasteiger partial charge is 0.303 e. The summed E-state index contributed by atoms with van der Waals surface area (Å²) in [7, 11) is 0. The van der Waals surface area contributed by atoms with Crippen LogP contribution < -0.4 is 14.5 Å². The Hall–Kier alpha value is -2.66. The molecule has 2 aliphatic rings. The Morgan fingerprint density at radius 2 is 1.88 bits per heavy atom. The summed E-state index contributed by atoms with van der Waals surface area (Å²) in [6.07, 6.45) is 2.20. The minimum absolute atomic E-state index is 0.335. The predicted molar refractivity (Wildman–Crippen MR) is 98.5 cm³/mol. The van der Waals surface area contributed by atoms with Crippen LogP contribution in [0.3, 0.4) is 0 Å². The molecule has 134 valence electrons. The number of ketones is 1. The number of fused-ring (bicyclic) bond motifs is 1. The summed E-state index contributed by atoms with van der Waals surface area (Å²) in [6, 6.07) is 15.9. The van der Waals surface area contributed by atoms with Crippen LogP contribution in [0.1, 0.15) is 41.7 Å². The lowest BCUT2D eigenvalue weighted by atomic mass is 10.0. The van der Waals surface area contributed by atoms with Crippen LogP contribution in [0, 0.1) is 0 Å². The third kappa shape index (κ3) is 2.88. The molecule has 4 rings (SSSR count). The minimum atomic E-state index is -0.406. The predicted octanol–water partition coefficient (Wildman–Crippen LogP) is 1.99. The number of hydrogen-bond donors (Lipinski definition) is 1. The molecule has 5 nitrogen and oxygen atoms in total. The molecule has 0 spiro atoms. The molecule has 2 aromatic carbocycles. The molecule has 1 fully saturated rings. The number of quaternary nitrogens is 1. The lowest BCUT2D eigenvalue weighted by Crippen LogP contribution is -3.12. The van der Waals surface area contributed by atoms with E-state index in [9.17, 15) is 9.59 Å². The zero-order chi connectivity index (χ0) is 18.1. The molecule has 2 aliphatic heterocycles. The van der Waals surface area contributed by atoms with Gasteiger partial charge >= 0.3 is 5.91 Å². The van der Waals surface area contributed by atoms with Gasteiger partial charge in [-0.05, 0) is 43.3 Å². The van der Waals surface area contributed by atoms with E-state index in [0.29, 0.717) is 24.9 Å². The molecule has 5 heteroatoms. The number of carbonyl (C=O) groups excluding carboxylic acids is 2. The normalized spacial score (nSPS) is 22.0. The van der Waals surface area contributed by atoms with Crippen molar-refractivity contribution >= 4 is 17.4 Å². The summed E-state index contributed by atoms with van der Waals surface area (Å²) in [5, 5.41) is 0. The summed E-state index contributed by atoms with van der Waals surface area (Å²) in [5.74, 6) is 0.0814. The van der Waals surface area contributed by atoms with Gasteiger partial charge in [-0.2, -0.15) is 0 Å². The summed E-state index contributed by atoms with van der Waals surface area (Å²) in [6.45, 7) is 4.16. The third-order valence-corrected chi connectivity index (χ3v) is 5.32. The van der Waals surface area contributed by atoms with E-state index >= 15 is 0 Å². The van der Waals surface area contributed by atoms with Crippen molar-refractivity contribution in [2.24, 2.45) is 0 Å². The third-order valence-electron chi connectivity index (χ3n) is 5.32. The maximum Gasteiger partial charge on any atom is 0.303 e. The molecule has 0 aliphatic carbocycles. The van der Waals surface area contributed by atoms with Crippen LogP contribution in [0.4, 0.5) is 5.69 Å². The highest BCUT2D eigenvalue weighted by Crippen LogP contribution is 2.28. The number of rotatable bonds is 5. The first-order valence-corrected chi connectivity index (χ1v) is 9.21. The van der Waals surface area contributed by atoms with Crippen molar-refractivity contribution in [1.29, 1.82) is 0 Å². The largest absolute Gasteiger partial charge is 0.494 e. The molecule has 0 bridgehead atoms. The quantitative estimate of drug-likeness (QED) is 0.838. The van der Waals surface area contributed by atoms with E-state index in [-0.39, 0.29) is 0 Å². The minimum Gasteiger partial charge on any atom is -0.494 e. The average molecular weight is 351 g/mol. The maximum atomic E-state index is 12.5. The Balaban J connectivity index is 1.54. The lowest BCUT2D eigenvalue weighted by molar-refractivity contribution is -0.917. The highest BCUT2D eigenvalue weighted by molar-refractivity contribution is 6.52. The van der Waals surface area contributed by atoms with Gasteiger partial charge in [0.05, 0.1) is 24.4 Å². The average Bonchev–Trinajstić information content (AvgIpc) is 3.22.